The van der Waals surface area contributed by atoms with Crippen LogP contribution in [-0.4, -0.2) is 44.5 Å². The third kappa shape index (κ3) is 7.64. The molecule has 9 rings (SSSR count). The number of rotatable bonds is 8. The third-order valence-corrected chi connectivity index (χ3v) is 11.9. The maximum Gasteiger partial charge on any atom is 0.338 e. The minimum atomic E-state index is -2.39. The Hall–Kier alpha value is -6.67. The van der Waals surface area contributed by atoms with E-state index in [1.807, 2.05) is 0 Å². The molecule has 66 heavy (non-hydrogen) atoms. The van der Waals surface area contributed by atoms with E-state index in [0.29, 0.717) is 11.3 Å². The maximum atomic E-state index is 16.0. The van der Waals surface area contributed by atoms with Gasteiger partial charge < -0.3 is 14.7 Å². The number of nitrogens with one attached hydrogen (secondary N) is 2. The highest BCUT2D eigenvalue weighted by molar-refractivity contribution is 14.1. The first-order chi connectivity index (χ1) is 32.2. The number of benzene rings is 4. The van der Waals surface area contributed by atoms with Gasteiger partial charge >= 0.3 is 5.97 Å². The first-order valence-electron chi connectivity index (χ1n) is 20.0. The summed E-state index contributed by atoms with van der Waals surface area (Å²) in [4.78, 5) is 28.2. The first kappa shape index (κ1) is 43.2. The molecule has 0 fully saturated rings. The molecule has 2 N–H and O–H groups in total. The number of thioether (sulfide) groups is 1. The second-order valence-electron chi connectivity index (χ2n) is 14.5. The average Bonchev–Trinajstić information content (AvgIpc) is 4.19. The van der Waals surface area contributed by atoms with Gasteiger partial charge in [-0.2, -0.15) is 11.8 Å². The van der Waals surface area contributed by atoms with Crippen LogP contribution in [-0.2, 0) is 4.74 Å². The fourth-order valence-corrected chi connectivity index (χ4v) is 8.21. The smallest absolute Gasteiger partial charge is 0.338 e. The Morgan fingerprint density at radius 1 is 0.515 bits per heavy atom. The summed E-state index contributed by atoms with van der Waals surface area (Å²) >= 11 is 3.29. The number of hydrogen-bond acceptors (Lipinski definition) is 5. The first-order valence-corrected chi connectivity index (χ1v) is 21.5. The Morgan fingerprint density at radius 2 is 0.864 bits per heavy atom. The van der Waals surface area contributed by atoms with Crippen LogP contribution in [0.5, 0.6) is 0 Å². The molecule has 0 atom stereocenters. The van der Waals surface area contributed by atoms with Crippen LogP contribution >= 0.6 is 34.4 Å². The number of carbonyl (C=O) groups is 1. The number of H-pyrrole nitrogens is 2. The molecule has 5 heterocycles. The van der Waals surface area contributed by atoms with Crippen molar-refractivity contribution in [3.8, 4) is 44.5 Å². The number of nitrogens with zero attached hydrogens (tertiary/aromatic N) is 2. The average molecular weight is 1040 g/mol. The number of esters is 1. The molecule has 0 aliphatic carbocycles. The zero-order valence-electron chi connectivity index (χ0n) is 34.1. The lowest BCUT2D eigenvalue weighted by molar-refractivity contribution is 0.0530. The van der Waals surface area contributed by atoms with Crippen molar-refractivity contribution in [3.63, 3.8) is 0 Å². The summed E-state index contributed by atoms with van der Waals surface area (Å²) in [6, 6.07) is 17.9. The molecule has 6 nitrogen and oxygen atoms in total. The van der Waals surface area contributed by atoms with Crippen LogP contribution in [0.1, 0.15) is 34.5 Å². The van der Waals surface area contributed by atoms with Gasteiger partial charge in [0.2, 0.25) is 11.6 Å². The number of carbonyl (C=O) groups excluding carboxylic acids is 1. The van der Waals surface area contributed by atoms with E-state index >= 15 is 35.1 Å². The lowest BCUT2D eigenvalue weighted by Gasteiger charge is -2.11. The number of ether oxygens (including phenoxy) is 1. The van der Waals surface area contributed by atoms with Gasteiger partial charge in [0.1, 0.15) is 6.61 Å². The molecule has 4 aromatic carbocycles. The van der Waals surface area contributed by atoms with Gasteiger partial charge in [0.15, 0.2) is 46.5 Å². The van der Waals surface area contributed by atoms with Crippen molar-refractivity contribution in [3.05, 3.63) is 163 Å². The molecule has 0 unspecified atom stereocenters. The number of aromatic amines is 2. The molecule has 18 heteroatoms. The quantitative estimate of drug-likeness (QED) is 0.0396. The lowest BCUT2D eigenvalue weighted by Crippen LogP contribution is -2.07. The van der Waals surface area contributed by atoms with Crippen molar-refractivity contribution in [1.29, 1.82) is 0 Å². The van der Waals surface area contributed by atoms with Crippen LogP contribution in [0.2, 0.25) is 0 Å². The molecule has 332 valence electrons. The minimum Gasteiger partial charge on any atom is -0.461 e. The largest absolute Gasteiger partial charge is 0.461 e. The standard InChI is InChI=1S/C48H25F10IN4O2S/c1-66-19-18-65-48(64)22-4-2-20(3-5-22)32-24-10-14-28(60-24)34(36-38(49)42(53)46(57)43(54)39(36)50)30-16-12-26(62-30)33(21-6-8-23(59)9-7-21)27-13-17-31(63-27)35(29-15-11-25(32)61-29)37-40(51)44(55)47(58)45(56)41(37)52/h2-17,60,63H,18-19H2,1H3/i1T. The molecular formula is C48H25F10IN4O2S. The van der Waals surface area contributed by atoms with Gasteiger partial charge in [-0.25, -0.2) is 58.7 Å². The van der Waals surface area contributed by atoms with Crippen LogP contribution in [0.3, 0.4) is 0 Å². The molecule has 0 radical (unpaired) electrons. The van der Waals surface area contributed by atoms with Crippen molar-refractivity contribution in [2.75, 3.05) is 18.6 Å². The van der Waals surface area contributed by atoms with Crippen molar-refractivity contribution in [2.24, 2.45) is 0 Å². The summed E-state index contributed by atoms with van der Waals surface area (Å²) < 4.78 is 166. The van der Waals surface area contributed by atoms with E-state index in [4.69, 9.17) is 6.11 Å². The predicted molar refractivity (Wildman–Crippen MR) is 242 cm³/mol. The van der Waals surface area contributed by atoms with Crippen LogP contribution in [0, 0.1) is 61.7 Å². The zero-order chi connectivity index (χ0) is 47.4. The molecule has 3 aromatic heterocycles. The molecule has 0 saturated heterocycles. The van der Waals surface area contributed by atoms with Gasteiger partial charge in [0.25, 0.3) is 0 Å². The summed E-state index contributed by atoms with van der Waals surface area (Å²) in [6.45, 7) is 0.0176. The highest BCUT2D eigenvalue weighted by Crippen LogP contribution is 2.42. The van der Waals surface area contributed by atoms with Crippen molar-refractivity contribution >= 4 is 86.7 Å². The monoisotopic (exact) mass is 1040 g/mol. The number of fused-ring (bicyclic) bond motifs is 8. The Bertz CT molecular complexity index is 3330. The summed E-state index contributed by atoms with van der Waals surface area (Å²) in [5.74, 6) is -22.6. The number of halogens is 11. The lowest BCUT2D eigenvalue weighted by atomic mass is 10.0. The minimum absolute atomic E-state index is 0.0176. The van der Waals surface area contributed by atoms with Crippen molar-refractivity contribution in [1.82, 2.24) is 19.9 Å². The second kappa shape index (κ2) is 17.6. The SMILES string of the molecule is [3H]CSCCOC(=O)c1ccc(-c2c3nc(c(-c4c(F)c(F)c(F)c(F)c4F)c4ccc([nH]4)c(-c4ccc(I)cc4)c4nc(c(-c5c(F)c(F)c(F)c(F)c5F)c5ccc2[nH]5)C=C4)C=C3)cc1. The Balaban J connectivity index is 1.44. The third-order valence-electron chi connectivity index (χ3n) is 10.7. The zero-order valence-corrected chi connectivity index (χ0v) is 36.1. The Kier molecular flexibility index (Phi) is 11.5. The van der Waals surface area contributed by atoms with E-state index in [0.717, 1.165) is 3.57 Å². The van der Waals surface area contributed by atoms with Crippen molar-refractivity contribution in [2.45, 2.75) is 0 Å². The van der Waals surface area contributed by atoms with Gasteiger partial charge in [0, 0.05) is 55.0 Å². The number of hydrogen-bond donors (Lipinski definition) is 2. The van der Waals surface area contributed by atoms with Gasteiger partial charge in [-0.15, -0.1) is 0 Å². The summed E-state index contributed by atoms with van der Waals surface area (Å²) in [5.41, 5.74) is -3.32. The van der Waals surface area contributed by atoms with Crippen LogP contribution in [0.4, 0.5) is 43.9 Å². The topological polar surface area (TPSA) is 83.7 Å². The fourth-order valence-electron chi connectivity index (χ4n) is 7.65. The summed E-state index contributed by atoms with van der Waals surface area (Å²) in [5, 5.41) is 0. The number of aromatic nitrogens is 4. The van der Waals surface area contributed by atoms with Gasteiger partial charge in [-0.05, 0) is 113 Å². The Labute approximate surface area is 385 Å². The summed E-state index contributed by atoms with van der Waals surface area (Å²) in [6.07, 6.45) is 5.35. The van der Waals surface area contributed by atoms with E-state index in [2.05, 4.69) is 42.5 Å². The molecule has 2 aliphatic heterocycles. The molecule has 0 spiro atoms. The van der Waals surface area contributed by atoms with E-state index in [1.54, 1.807) is 24.3 Å². The predicted octanol–water partition coefficient (Wildman–Crippen LogP) is 13.8. The highest BCUT2D eigenvalue weighted by Gasteiger charge is 2.32. The summed E-state index contributed by atoms with van der Waals surface area (Å²) in [7, 11) is 0. The van der Waals surface area contributed by atoms with Gasteiger partial charge in [-0.1, -0.05) is 24.3 Å². The van der Waals surface area contributed by atoms with Crippen LogP contribution < -0.4 is 0 Å². The van der Waals surface area contributed by atoms with Crippen LogP contribution in [0.25, 0.3) is 90.9 Å². The molecule has 8 bridgehead atoms. The fraction of sp³-hybridized carbons (Fsp3) is 0.0625. The molecular weight excluding hydrogens is 1010 g/mol. The van der Waals surface area contributed by atoms with Crippen molar-refractivity contribution < 1.29 is 54.8 Å². The molecule has 0 amide bonds. The van der Waals surface area contributed by atoms with Gasteiger partial charge in [0.05, 0.1) is 39.5 Å². The van der Waals surface area contributed by atoms with Crippen LogP contribution in [0.15, 0.2) is 72.8 Å². The molecule has 7 aromatic rings. The molecule has 2 aliphatic rings. The van der Waals surface area contributed by atoms with E-state index in [9.17, 15) is 13.6 Å². The van der Waals surface area contributed by atoms with Gasteiger partial charge in [-0.3, -0.25) is 0 Å². The maximum absolute atomic E-state index is 16.0. The normalized spacial score (nSPS) is 12.3. The van der Waals surface area contributed by atoms with E-state index in [1.165, 1.54) is 84.6 Å². The Morgan fingerprint density at radius 3 is 1.26 bits per heavy atom. The molecule has 0 saturated carbocycles. The highest BCUT2D eigenvalue weighted by atomic mass is 127. The second-order valence-corrected chi connectivity index (χ2v) is 16.6. The van der Waals surface area contributed by atoms with E-state index < -0.39 is 86.4 Å². The van der Waals surface area contributed by atoms with E-state index in [-0.39, 0.29) is 79.9 Å².